The summed E-state index contributed by atoms with van der Waals surface area (Å²) < 4.78 is 1.41. The zero-order chi connectivity index (χ0) is 18.7. The van der Waals surface area contributed by atoms with Crippen LogP contribution in [0.1, 0.15) is 46.0 Å². The molecule has 26 heavy (non-hydrogen) atoms. The molecule has 2 N–H and O–H groups in total. The van der Waals surface area contributed by atoms with Crippen LogP contribution in [-0.4, -0.2) is 29.5 Å². The Balaban J connectivity index is 1.93. The second-order valence-electron chi connectivity index (χ2n) is 6.89. The van der Waals surface area contributed by atoms with Crippen molar-refractivity contribution < 1.29 is 9.59 Å². The van der Waals surface area contributed by atoms with Crippen molar-refractivity contribution in [2.45, 2.75) is 32.4 Å². The van der Waals surface area contributed by atoms with Crippen LogP contribution in [0.5, 0.6) is 0 Å². The van der Waals surface area contributed by atoms with E-state index in [2.05, 4.69) is 17.6 Å². The molecule has 1 heterocycles. The molecule has 1 aliphatic carbocycles. The molecule has 0 radical (unpaired) electrons. The highest BCUT2D eigenvalue weighted by Crippen LogP contribution is 2.26. The van der Waals surface area contributed by atoms with Gasteiger partial charge in [0.25, 0.3) is 17.4 Å². The highest BCUT2D eigenvalue weighted by atomic mass is 16.2. The van der Waals surface area contributed by atoms with Crippen LogP contribution in [0.15, 0.2) is 47.4 Å². The third kappa shape index (κ3) is 3.85. The standard InChI is InChI=1S/C20H23N3O3/c1-13-8-16(9-13)22-18(24)15-10-17(19(25)21-2)20(26)23(12-15)11-14-6-4-3-5-7-14/h3-7,10,12-13,16H,8-9,11H2,1-2H3,(H,21,25)(H,22,24). The lowest BCUT2D eigenvalue weighted by molar-refractivity contribution is 0.0895. The summed E-state index contributed by atoms with van der Waals surface area (Å²) in [5.41, 5.74) is 0.793. The van der Waals surface area contributed by atoms with Crippen molar-refractivity contribution in [3.63, 3.8) is 0 Å². The summed E-state index contributed by atoms with van der Waals surface area (Å²) >= 11 is 0. The normalized spacial score (nSPS) is 18.7. The van der Waals surface area contributed by atoms with Gasteiger partial charge in [-0.3, -0.25) is 14.4 Å². The van der Waals surface area contributed by atoms with Crippen LogP contribution < -0.4 is 16.2 Å². The fourth-order valence-corrected chi connectivity index (χ4v) is 3.24. The van der Waals surface area contributed by atoms with Crippen molar-refractivity contribution in [1.82, 2.24) is 15.2 Å². The van der Waals surface area contributed by atoms with Gasteiger partial charge in [-0.25, -0.2) is 0 Å². The summed E-state index contributed by atoms with van der Waals surface area (Å²) in [6.45, 7) is 2.44. The molecule has 0 spiro atoms. The number of nitrogens with one attached hydrogen (secondary N) is 2. The average molecular weight is 353 g/mol. The average Bonchev–Trinajstić information content (AvgIpc) is 2.62. The smallest absolute Gasteiger partial charge is 0.263 e. The van der Waals surface area contributed by atoms with Crippen molar-refractivity contribution in [3.05, 3.63) is 69.6 Å². The maximum absolute atomic E-state index is 12.7. The van der Waals surface area contributed by atoms with E-state index >= 15 is 0 Å². The Morgan fingerprint density at radius 3 is 2.46 bits per heavy atom. The Bertz CT molecular complexity index is 868. The molecular weight excluding hydrogens is 330 g/mol. The third-order valence-corrected chi connectivity index (χ3v) is 4.72. The van der Waals surface area contributed by atoms with Gasteiger partial charge in [0.1, 0.15) is 5.56 Å². The van der Waals surface area contributed by atoms with E-state index in [4.69, 9.17) is 0 Å². The first-order valence-corrected chi connectivity index (χ1v) is 8.79. The van der Waals surface area contributed by atoms with E-state index < -0.39 is 11.5 Å². The number of nitrogens with zero attached hydrogens (tertiary/aromatic N) is 1. The molecule has 6 nitrogen and oxygen atoms in total. The highest BCUT2D eigenvalue weighted by Gasteiger charge is 2.27. The maximum Gasteiger partial charge on any atom is 0.263 e. The third-order valence-electron chi connectivity index (χ3n) is 4.72. The van der Waals surface area contributed by atoms with Gasteiger partial charge < -0.3 is 15.2 Å². The summed E-state index contributed by atoms with van der Waals surface area (Å²) in [5.74, 6) is -0.133. The quantitative estimate of drug-likeness (QED) is 0.860. The Hall–Kier alpha value is -2.89. The number of amides is 2. The Morgan fingerprint density at radius 2 is 1.85 bits per heavy atom. The van der Waals surface area contributed by atoms with Crippen molar-refractivity contribution in [2.24, 2.45) is 5.92 Å². The predicted octanol–water partition coefficient (Wildman–Crippen LogP) is 1.78. The highest BCUT2D eigenvalue weighted by molar-refractivity contribution is 5.99. The first-order valence-electron chi connectivity index (χ1n) is 8.79. The molecule has 2 aromatic rings. The second-order valence-corrected chi connectivity index (χ2v) is 6.89. The van der Waals surface area contributed by atoms with Crippen LogP contribution in [0.2, 0.25) is 0 Å². The van der Waals surface area contributed by atoms with Gasteiger partial charge in [-0.1, -0.05) is 37.3 Å². The van der Waals surface area contributed by atoms with Crippen LogP contribution in [0.4, 0.5) is 0 Å². The molecule has 3 rings (SSSR count). The summed E-state index contributed by atoms with van der Waals surface area (Å²) in [7, 11) is 1.46. The van der Waals surface area contributed by atoms with Crippen LogP contribution in [0, 0.1) is 5.92 Å². The van der Waals surface area contributed by atoms with Crippen molar-refractivity contribution >= 4 is 11.8 Å². The molecule has 1 aromatic heterocycles. The van der Waals surface area contributed by atoms with Gasteiger partial charge >= 0.3 is 0 Å². The molecule has 0 bridgehead atoms. The molecule has 0 saturated heterocycles. The molecule has 1 aromatic carbocycles. The minimum absolute atomic E-state index is 0.0296. The van der Waals surface area contributed by atoms with E-state index in [9.17, 15) is 14.4 Å². The number of pyridine rings is 1. The van der Waals surface area contributed by atoms with Gasteiger partial charge in [-0.05, 0) is 30.4 Å². The summed E-state index contributed by atoms with van der Waals surface area (Å²) in [4.78, 5) is 37.3. The molecule has 0 atom stereocenters. The number of hydrogen-bond donors (Lipinski definition) is 2. The maximum atomic E-state index is 12.7. The van der Waals surface area contributed by atoms with Crippen molar-refractivity contribution in [3.8, 4) is 0 Å². The van der Waals surface area contributed by atoms with Crippen LogP contribution in [-0.2, 0) is 6.54 Å². The number of benzene rings is 1. The molecule has 0 unspecified atom stereocenters. The van der Waals surface area contributed by atoms with Crippen molar-refractivity contribution in [2.75, 3.05) is 7.05 Å². The Morgan fingerprint density at radius 1 is 1.15 bits per heavy atom. The first kappa shape index (κ1) is 17.9. The topological polar surface area (TPSA) is 80.2 Å². The lowest BCUT2D eigenvalue weighted by atomic mass is 9.82. The SMILES string of the molecule is CNC(=O)c1cc(C(=O)NC2CC(C)C2)cn(Cc2ccccc2)c1=O. The predicted molar refractivity (Wildman–Crippen MR) is 99.3 cm³/mol. The zero-order valence-corrected chi connectivity index (χ0v) is 15.0. The number of rotatable bonds is 5. The summed E-state index contributed by atoms with van der Waals surface area (Å²) in [6.07, 6.45) is 3.44. The monoisotopic (exact) mass is 353 g/mol. The molecule has 1 saturated carbocycles. The molecule has 136 valence electrons. The van der Waals surface area contributed by atoms with Gasteiger partial charge in [-0.15, -0.1) is 0 Å². The van der Waals surface area contributed by atoms with E-state index in [1.165, 1.54) is 23.9 Å². The molecule has 1 aliphatic rings. The summed E-state index contributed by atoms with van der Waals surface area (Å²) in [6, 6.07) is 11.0. The number of hydrogen-bond acceptors (Lipinski definition) is 3. The fourth-order valence-electron chi connectivity index (χ4n) is 3.24. The van der Waals surface area contributed by atoms with Gasteiger partial charge in [0.05, 0.1) is 12.1 Å². The minimum atomic E-state index is -0.497. The molecule has 6 heteroatoms. The minimum Gasteiger partial charge on any atom is -0.355 e. The number of carbonyl (C=O) groups is 2. The van der Waals surface area contributed by atoms with Gasteiger partial charge in [-0.2, -0.15) is 0 Å². The fraction of sp³-hybridized carbons (Fsp3) is 0.350. The largest absolute Gasteiger partial charge is 0.355 e. The molecule has 0 aliphatic heterocycles. The van der Waals surface area contributed by atoms with Crippen LogP contribution >= 0.6 is 0 Å². The molecule has 1 fully saturated rings. The first-order chi connectivity index (χ1) is 12.5. The number of carbonyl (C=O) groups excluding carboxylic acids is 2. The van der Waals surface area contributed by atoms with Gasteiger partial charge in [0.15, 0.2) is 0 Å². The van der Waals surface area contributed by atoms with E-state index in [-0.39, 0.29) is 17.5 Å². The van der Waals surface area contributed by atoms with Crippen molar-refractivity contribution in [1.29, 1.82) is 0 Å². The second kappa shape index (κ2) is 7.56. The molecular formula is C20H23N3O3. The van der Waals surface area contributed by atoms with Crippen LogP contribution in [0.3, 0.4) is 0 Å². The Kier molecular flexibility index (Phi) is 5.21. The number of aromatic nitrogens is 1. The zero-order valence-electron chi connectivity index (χ0n) is 15.0. The Labute approximate surface area is 152 Å². The molecule has 2 amide bonds. The summed E-state index contributed by atoms with van der Waals surface area (Å²) in [5, 5.41) is 5.44. The van der Waals surface area contributed by atoms with E-state index in [0.29, 0.717) is 18.0 Å². The lowest BCUT2D eigenvalue weighted by Gasteiger charge is -2.33. The van der Waals surface area contributed by atoms with E-state index in [1.807, 2.05) is 30.3 Å². The lowest BCUT2D eigenvalue weighted by Crippen LogP contribution is -2.44. The van der Waals surface area contributed by atoms with Gasteiger partial charge in [0.2, 0.25) is 0 Å². The van der Waals surface area contributed by atoms with Gasteiger partial charge in [0, 0.05) is 19.3 Å². The van der Waals surface area contributed by atoms with E-state index in [1.54, 1.807) is 0 Å². The van der Waals surface area contributed by atoms with E-state index in [0.717, 1.165) is 18.4 Å². The van der Waals surface area contributed by atoms with Crippen LogP contribution in [0.25, 0.3) is 0 Å².